The number of esters is 1. The summed E-state index contributed by atoms with van der Waals surface area (Å²) in [5.41, 5.74) is 3.35. The van der Waals surface area contributed by atoms with Crippen LogP contribution in [-0.4, -0.2) is 12.6 Å². The quantitative estimate of drug-likeness (QED) is 0.525. The van der Waals surface area contributed by atoms with Crippen LogP contribution in [0.3, 0.4) is 0 Å². The summed E-state index contributed by atoms with van der Waals surface area (Å²) >= 11 is 3.57. The van der Waals surface area contributed by atoms with Gasteiger partial charge in [-0.3, -0.25) is 4.79 Å². The Morgan fingerprint density at radius 1 is 1.21 bits per heavy atom. The van der Waals surface area contributed by atoms with Crippen molar-refractivity contribution in [2.75, 3.05) is 6.61 Å². The number of halogens is 2. The van der Waals surface area contributed by atoms with Crippen molar-refractivity contribution < 1.29 is 18.7 Å². The summed E-state index contributed by atoms with van der Waals surface area (Å²) in [6.07, 6.45) is 5.63. The first-order valence-corrected chi connectivity index (χ1v) is 10.7. The fourth-order valence-electron chi connectivity index (χ4n) is 4.79. The van der Waals surface area contributed by atoms with Gasteiger partial charge in [0.25, 0.3) is 0 Å². The van der Waals surface area contributed by atoms with Crippen LogP contribution < -0.4 is 4.74 Å². The molecular weight excluding hydrogens is 423 g/mol. The summed E-state index contributed by atoms with van der Waals surface area (Å²) in [6.45, 7) is 2.09. The predicted octanol–water partition coefficient (Wildman–Crippen LogP) is 6.03. The highest BCUT2D eigenvalue weighted by molar-refractivity contribution is 9.10. The number of hydrogen-bond donors (Lipinski definition) is 0. The van der Waals surface area contributed by atoms with Crippen molar-refractivity contribution in [1.82, 2.24) is 0 Å². The number of carbonyl (C=O) groups is 1. The van der Waals surface area contributed by atoms with Crippen molar-refractivity contribution in [2.24, 2.45) is 0 Å². The fraction of sp³-hybridized carbons (Fsp3) is 0.435. The monoisotopic (exact) mass is 446 g/mol. The fourth-order valence-corrected chi connectivity index (χ4v) is 5.17. The molecule has 1 atom stereocenters. The van der Waals surface area contributed by atoms with E-state index in [1.165, 1.54) is 48.9 Å². The lowest BCUT2D eigenvalue weighted by Gasteiger charge is -2.25. The number of benzene rings is 2. The standard InChI is InChI=1S/C23H24BrFO3/c1-2-27-22(26)11-15-5-7-17(25)13-20(15)28-21-14-23(9-3-4-10-23)19-8-6-16(24)12-18(19)21/h5-8,12-13,21H,2-4,9-11,14H2,1H3. The molecule has 2 aromatic rings. The zero-order valence-electron chi connectivity index (χ0n) is 16.0. The van der Waals surface area contributed by atoms with E-state index in [0.717, 1.165) is 10.9 Å². The maximum Gasteiger partial charge on any atom is 0.310 e. The van der Waals surface area contributed by atoms with Gasteiger partial charge in [0, 0.05) is 16.1 Å². The molecule has 1 spiro atoms. The third kappa shape index (κ3) is 3.69. The van der Waals surface area contributed by atoms with Gasteiger partial charge < -0.3 is 9.47 Å². The van der Waals surface area contributed by atoms with Crippen LogP contribution in [0.15, 0.2) is 40.9 Å². The molecule has 4 rings (SSSR count). The zero-order valence-corrected chi connectivity index (χ0v) is 17.6. The maximum absolute atomic E-state index is 14.0. The summed E-state index contributed by atoms with van der Waals surface area (Å²) in [7, 11) is 0. The summed E-state index contributed by atoms with van der Waals surface area (Å²) in [5, 5.41) is 0. The molecule has 2 aliphatic rings. The third-order valence-electron chi connectivity index (χ3n) is 6.01. The highest BCUT2D eigenvalue weighted by Crippen LogP contribution is 2.55. The molecule has 1 unspecified atom stereocenters. The summed E-state index contributed by atoms with van der Waals surface area (Å²) in [4.78, 5) is 12.0. The van der Waals surface area contributed by atoms with Crippen LogP contribution in [0.25, 0.3) is 0 Å². The Morgan fingerprint density at radius 3 is 2.75 bits per heavy atom. The normalized spacial score (nSPS) is 19.6. The molecule has 0 radical (unpaired) electrons. The van der Waals surface area contributed by atoms with Gasteiger partial charge in [0.2, 0.25) is 0 Å². The predicted molar refractivity (Wildman–Crippen MR) is 109 cm³/mol. The van der Waals surface area contributed by atoms with Crippen LogP contribution in [-0.2, 0) is 21.4 Å². The molecule has 0 amide bonds. The Bertz CT molecular complexity index is 889. The van der Waals surface area contributed by atoms with Gasteiger partial charge in [-0.05, 0) is 60.9 Å². The topological polar surface area (TPSA) is 35.5 Å². The van der Waals surface area contributed by atoms with Gasteiger partial charge in [-0.15, -0.1) is 0 Å². The molecule has 1 saturated carbocycles. The van der Waals surface area contributed by atoms with Crippen LogP contribution in [0.5, 0.6) is 5.75 Å². The smallest absolute Gasteiger partial charge is 0.310 e. The van der Waals surface area contributed by atoms with Crippen LogP contribution in [0.1, 0.15) is 61.8 Å². The molecule has 3 nitrogen and oxygen atoms in total. The van der Waals surface area contributed by atoms with E-state index >= 15 is 0 Å². The maximum atomic E-state index is 14.0. The van der Waals surface area contributed by atoms with Crippen molar-refractivity contribution in [1.29, 1.82) is 0 Å². The van der Waals surface area contributed by atoms with E-state index in [2.05, 4.69) is 34.1 Å². The molecule has 148 valence electrons. The second-order valence-electron chi connectivity index (χ2n) is 7.76. The largest absolute Gasteiger partial charge is 0.485 e. The summed E-state index contributed by atoms with van der Waals surface area (Å²) in [5.74, 6) is -0.273. The van der Waals surface area contributed by atoms with Crippen LogP contribution in [0.2, 0.25) is 0 Å². The number of ether oxygens (including phenoxy) is 2. The lowest BCUT2D eigenvalue weighted by atomic mass is 9.80. The highest BCUT2D eigenvalue weighted by Gasteiger charge is 2.46. The molecule has 2 aromatic carbocycles. The molecule has 5 heteroatoms. The van der Waals surface area contributed by atoms with E-state index in [1.54, 1.807) is 13.0 Å². The van der Waals surface area contributed by atoms with E-state index in [0.29, 0.717) is 17.9 Å². The summed E-state index contributed by atoms with van der Waals surface area (Å²) in [6, 6.07) is 10.8. The van der Waals surface area contributed by atoms with Gasteiger partial charge in [0.15, 0.2) is 0 Å². The first-order valence-electron chi connectivity index (χ1n) is 9.91. The van der Waals surface area contributed by atoms with Crippen molar-refractivity contribution in [2.45, 2.75) is 57.0 Å². The lowest BCUT2D eigenvalue weighted by molar-refractivity contribution is -0.142. The Morgan fingerprint density at radius 2 is 2.00 bits per heavy atom. The molecule has 0 aromatic heterocycles. The average molecular weight is 447 g/mol. The van der Waals surface area contributed by atoms with Gasteiger partial charge in [-0.1, -0.05) is 40.9 Å². The van der Waals surface area contributed by atoms with E-state index < -0.39 is 0 Å². The minimum absolute atomic E-state index is 0.0760. The Balaban J connectivity index is 1.66. The molecule has 0 N–H and O–H groups in total. The number of rotatable bonds is 5. The zero-order chi connectivity index (χ0) is 19.7. The van der Waals surface area contributed by atoms with Crippen molar-refractivity contribution in [3.63, 3.8) is 0 Å². The first-order chi connectivity index (χ1) is 13.5. The lowest BCUT2D eigenvalue weighted by Crippen LogP contribution is -2.19. The summed E-state index contributed by atoms with van der Waals surface area (Å²) < 4.78 is 26.4. The average Bonchev–Trinajstić information content (AvgIpc) is 3.23. The highest BCUT2D eigenvalue weighted by atomic mass is 79.9. The second kappa shape index (κ2) is 7.86. The van der Waals surface area contributed by atoms with Crippen molar-refractivity contribution in [3.8, 4) is 5.75 Å². The van der Waals surface area contributed by atoms with E-state index in [4.69, 9.17) is 9.47 Å². The Labute approximate surface area is 173 Å². The van der Waals surface area contributed by atoms with Gasteiger partial charge >= 0.3 is 5.97 Å². The van der Waals surface area contributed by atoms with E-state index in [9.17, 15) is 9.18 Å². The minimum Gasteiger partial charge on any atom is -0.485 e. The SMILES string of the molecule is CCOC(=O)Cc1ccc(F)cc1OC1CC2(CCCC2)c2ccc(Br)cc21. The van der Waals surface area contributed by atoms with E-state index in [1.807, 2.05) is 0 Å². The van der Waals surface area contributed by atoms with Crippen LogP contribution in [0.4, 0.5) is 4.39 Å². The molecular formula is C23H24BrFO3. The van der Waals surface area contributed by atoms with Gasteiger partial charge in [-0.25, -0.2) is 4.39 Å². The molecule has 0 heterocycles. The molecule has 28 heavy (non-hydrogen) atoms. The van der Waals surface area contributed by atoms with Crippen LogP contribution in [0, 0.1) is 5.82 Å². The Kier molecular flexibility index (Phi) is 5.46. The van der Waals surface area contributed by atoms with Gasteiger partial charge in [0.05, 0.1) is 13.0 Å². The molecule has 0 saturated heterocycles. The van der Waals surface area contributed by atoms with Gasteiger partial charge in [0.1, 0.15) is 17.7 Å². The number of hydrogen-bond acceptors (Lipinski definition) is 3. The Hall–Kier alpha value is -1.88. The van der Waals surface area contributed by atoms with E-state index in [-0.39, 0.29) is 29.7 Å². The minimum atomic E-state index is -0.370. The van der Waals surface area contributed by atoms with Crippen molar-refractivity contribution >= 4 is 21.9 Å². The van der Waals surface area contributed by atoms with Crippen LogP contribution >= 0.6 is 15.9 Å². The number of fused-ring (bicyclic) bond motifs is 2. The first kappa shape index (κ1) is 19.4. The third-order valence-corrected chi connectivity index (χ3v) is 6.50. The van der Waals surface area contributed by atoms with Gasteiger partial charge in [-0.2, -0.15) is 0 Å². The molecule has 1 fully saturated rings. The molecule has 0 aliphatic heterocycles. The van der Waals surface area contributed by atoms with Crippen molar-refractivity contribution in [3.05, 3.63) is 63.4 Å². The second-order valence-corrected chi connectivity index (χ2v) is 8.68. The number of carbonyl (C=O) groups excluding carboxylic acids is 1. The molecule has 0 bridgehead atoms. The molecule has 2 aliphatic carbocycles.